The molecule has 18 heavy (non-hydrogen) atoms. The number of hydrogen-bond acceptors (Lipinski definition) is 5. The van der Waals surface area contributed by atoms with Gasteiger partial charge in [-0.2, -0.15) is 0 Å². The number of aromatic carboxylic acids is 1. The number of carboxylic acid groups (broad SMARTS) is 1. The van der Waals surface area contributed by atoms with Crippen molar-refractivity contribution in [2.45, 2.75) is 18.6 Å². The summed E-state index contributed by atoms with van der Waals surface area (Å²) >= 11 is 0. The van der Waals surface area contributed by atoms with Crippen LogP contribution in [-0.4, -0.2) is 38.3 Å². The van der Waals surface area contributed by atoms with E-state index in [4.69, 9.17) is 10.8 Å². The van der Waals surface area contributed by atoms with Crippen molar-refractivity contribution in [3.63, 3.8) is 0 Å². The molecule has 0 aliphatic carbocycles. The molecule has 0 aromatic carbocycles. The van der Waals surface area contributed by atoms with Crippen molar-refractivity contribution >= 4 is 28.3 Å². The number of pyridine rings is 1. The molecule has 0 radical (unpaired) electrons. The van der Waals surface area contributed by atoms with Crippen molar-refractivity contribution in [1.82, 2.24) is 4.98 Å². The SMILES string of the molecule is CC(CCNc1ncc(N)cc1C(=O)O)S(C)=O. The number of anilines is 2. The second-order valence-electron chi connectivity index (χ2n) is 3.99. The van der Waals surface area contributed by atoms with Crippen LogP contribution in [0.15, 0.2) is 12.3 Å². The average Bonchev–Trinajstić information content (AvgIpc) is 2.30. The Hall–Kier alpha value is -1.63. The fraction of sp³-hybridized carbons (Fsp3) is 0.455. The van der Waals surface area contributed by atoms with Gasteiger partial charge in [0.05, 0.1) is 11.9 Å². The minimum atomic E-state index is -1.08. The highest BCUT2D eigenvalue weighted by Gasteiger charge is 2.12. The number of aromatic nitrogens is 1. The minimum absolute atomic E-state index is 0.0419. The number of nitrogens with two attached hydrogens (primary N) is 1. The van der Waals surface area contributed by atoms with E-state index in [9.17, 15) is 9.00 Å². The molecule has 7 heteroatoms. The molecule has 0 bridgehead atoms. The van der Waals surface area contributed by atoms with Gasteiger partial charge in [-0.1, -0.05) is 6.92 Å². The van der Waals surface area contributed by atoms with Crippen LogP contribution in [0.5, 0.6) is 0 Å². The van der Waals surface area contributed by atoms with Gasteiger partial charge < -0.3 is 16.2 Å². The Morgan fingerprint density at radius 2 is 2.33 bits per heavy atom. The molecule has 2 atom stereocenters. The van der Waals surface area contributed by atoms with E-state index in [1.807, 2.05) is 6.92 Å². The number of hydrogen-bond donors (Lipinski definition) is 3. The predicted octanol–water partition coefficient (Wildman–Crippen LogP) is 0.931. The van der Waals surface area contributed by atoms with Crippen molar-refractivity contribution in [1.29, 1.82) is 0 Å². The van der Waals surface area contributed by atoms with Gasteiger partial charge in [-0.25, -0.2) is 9.78 Å². The van der Waals surface area contributed by atoms with Crippen LogP contribution in [0.3, 0.4) is 0 Å². The summed E-state index contributed by atoms with van der Waals surface area (Å²) < 4.78 is 11.2. The van der Waals surface area contributed by atoms with Crippen LogP contribution in [0.25, 0.3) is 0 Å². The van der Waals surface area contributed by atoms with Gasteiger partial charge in [-0.05, 0) is 12.5 Å². The molecule has 2 unspecified atom stereocenters. The largest absolute Gasteiger partial charge is 0.478 e. The van der Waals surface area contributed by atoms with Crippen LogP contribution >= 0.6 is 0 Å². The predicted molar refractivity (Wildman–Crippen MR) is 72.2 cm³/mol. The number of carboxylic acids is 1. The zero-order valence-corrected chi connectivity index (χ0v) is 11.2. The maximum atomic E-state index is 11.2. The van der Waals surface area contributed by atoms with Crippen molar-refractivity contribution < 1.29 is 14.1 Å². The number of carbonyl (C=O) groups is 1. The first-order chi connectivity index (χ1) is 8.41. The van der Waals surface area contributed by atoms with Crippen LogP contribution in [0.4, 0.5) is 11.5 Å². The topological polar surface area (TPSA) is 105 Å². The maximum Gasteiger partial charge on any atom is 0.339 e. The Balaban J connectivity index is 2.67. The van der Waals surface area contributed by atoms with E-state index >= 15 is 0 Å². The van der Waals surface area contributed by atoms with E-state index in [2.05, 4.69) is 10.3 Å². The summed E-state index contributed by atoms with van der Waals surface area (Å²) in [7, 11) is -0.883. The number of rotatable bonds is 6. The Bertz CT molecular complexity index is 465. The lowest BCUT2D eigenvalue weighted by molar-refractivity contribution is 0.0697. The third-order valence-corrected chi connectivity index (χ3v) is 3.92. The minimum Gasteiger partial charge on any atom is -0.478 e. The summed E-state index contributed by atoms with van der Waals surface area (Å²) in [5, 5.41) is 12.0. The van der Waals surface area contributed by atoms with E-state index in [-0.39, 0.29) is 16.6 Å². The molecule has 0 aliphatic rings. The van der Waals surface area contributed by atoms with Gasteiger partial charge in [-0.15, -0.1) is 0 Å². The fourth-order valence-corrected chi connectivity index (χ4v) is 1.79. The average molecular weight is 271 g/mol. The van der Waals surface area contributed by atoms with Gasteiger partial charge in [0.1, 0.15) is 11.4 Å². The monoisotopic (exact) mass is 271 g/mol. The molecule has 1 rings (SSSR count). The number of nitrogens with one attached hydrogen (secondary N) is 1. The molecule has 1 heterocycles. The molecular formula is C11H17N3O3S. The molecule has 0 saturated carbocycles. The number of nitrogens with zero attached hydrogens (tertiary/aromatic N) is 1. The molecule has 1 aromatic heterocycles. The molecule has 0 spiro atoms. The quantitative estimate of drug-likeness (QED) is 0.711. The van der Waals surface area contributed by atoms with Crippen LogP contribution in [0.2, 0.25) is 0 Å². The number of nitrogen functional groups attached to an aromatic ring is 1. The molecule has 1 aromatic rings. The zero-order chi connectivity index (χ0) is 13.7. The summed E-state index contributed by atoms with van der Waals surface area (Å²) in [5.41, 5.74) is 5.84. The second kappa shape index (κ2) is 6.34. The third kappa shape index (κ3) is 3.99. The smallest absolute Gasteiger partial charge is 0.339 e. The summed E-state index contributed by atoms with van der Waals surface area (Å²) in [5.74, 6) is -0.796. The molecule has 4 N–H and O–H groups in total. The van der Waals surface area contributed by atoms with E-state index in [1.165, 1.54) is 12.3 Å². The first-order valence-corrected chi connectivity index (χ1v) is 7.09. The highest BCUT2D eigenvalue weighted by atomic mass is 32.2. The summed E-state index contributed by atoms with van der Waals surface area (Å²) in [4.78, 5) is 14.9. The summed E-state index contributed by atoms with van der Waals surface area (Å²) in [6, 6.07) is 1.36. The standard InChI is InChI=1S/C11H17N3O3S/c1-7(18(2)17)3-4-13-10-9(11(15)16)5-8(12)6-14-10/h5-7H,3-4,12H2,1-2H3,(H,13,14)(H,15,16). The van der Waals surface area contributed by atoms with Crippen molar-refractivity contribution in [3.8, 4) is 0 Å². The Morgan fingerprint density at radius 3 is 2.89 bits per heavy atom. The molecule has 100 valence electrons. The Labute approximate surface area is 108 Å². The first-order valence-electron chi connectivity index (χ1n) is 5.46. The molecule has 6 nitrogen and oxygen atoms in total. The second-order valence-corrected chi connectivity index (χ2v) is 5.80. The molecule has 0 aliphatic heterocycles. The lowest BCUT2D eigenvalue weighted by Gasteiger charge is -2.11. The van der Waals surface area contributed by atoms with Crippen LogP contribution in [0.1, 0.15) is 23.7 Å². The van der Waals surface area contributed by atoms with Gasteiger partial charge >= 0.3 is 5.97 Å². The fourth-order valence-electron chi connectivity index (χ4n) is 1.34. The van der Waals surface area contributed by atoms with Crippen molar-refractivity contribution in [2.75, 3.05) is 23.9 Å². The summed E-state index contributed by atoms with van der Waals surface area (Å²) in [6.07, 6.45) is 3.72. The van der Waals surface area contributed by atoms with Crippen LogP contribution in [-0.2, 0) is 10.8 Å². The third-order valence-electron chi connectivity index (χ3n) is 2.55. The zero-order valence-electron chi connectivity index (χ0n) is 10.3. The van der Waals surface area contributed by atoms with Crippen molar-refractivity contribution in [3.05, 3.63) is 17.8 Å². The van der Waals surface area contributed by atoms with E-state index in [1.54, 1.807) is 6.26 Å². The van der Waals surface area contributed by atoms with Gasteiger partial charge in [0.25, 0.3) is 0 Å². The Morgan fingerprint density at radius 1 is 1.67 bits per heavy atom. The molecule has 0 amide bonds. The molecule has 0 saturated heterocycles. The normalized spacial score (nSPS) is 13.9. The van der Waals surface area contributed by atoms with E-state index in [0.717, 1.165) is 0 Å². The van der Waals surface area contributed by atoms with E-state index < -0.39 is 16.8 Å². The lowest BCUT2D eigenvalue weighted by atomic mass is 10.2. The van der Waals surface area contributed by atoms with Crippen LogP contribution < -0.4 is 11.1 Å². The lowest BCUT2D eigenvalue weighted by Crippen LogP contribution is -2.16. The highest BCUT2D eigenvalue weighted by molar-refractivity contribution is 7.84. The molecule has 0 fully saturated rings. The summed E-state index contributed by atoms with van der Waals surface area (Å²) in [6.45, 7) is 2.39. The first kappa shape index (κ1) is 14.4. The van der Waals surface area contributed by atoms with Crippen molar-refractivity contribution in [2.24, 2.45) is 0 Å². The van der Waals surface area contributed by atoms with Gasteiger partial charge in [0.2, 0.25) is 0 Å². The molecular weight excluding hydrogens is 254 g/mol. The highest BCUT2D eigenvalue weighted by Crippen LogP contribution is 2.15. The van der Waals surface area contributed by atoms with Crippen LogP contribution in [0, 0.1) is 0 Å². The van der Waals surface area contributed by atoms with E-state index in [0.29, 0.717) is 18.7 Å². The maximum absolute atomic E-state index is 11.2. The van der Waals surface area contributed by atoms with Gasteiger partial charge in [-0.3, -0.25) is 4.21 Å². The Kier molecular flexibility index (Phi) is 5.08. The van der Waals surface area contributed by atoms with Gasteiger partial charge in [0.15, 0.2) is 0 Å². The van der Waals surface area contributed by atoms with Gasteiger partial charge in [0, 0.05) is 28.9 Å².